The fourth-order valence-corrected chi connectivity index (χ4v) is 6.03. The Bertz CT molecular complexity index is 1490. The van der Waals surface area contributed by atoms with Crippen LogP contribution in [0.15, 0.2) is 59.6 Å². The summed E-state index contributed by atoms with van der Waals surface area (Å²) in [5.74, 6) is 0.507. The number of aryl methyl sites for hydroxylation is 1. The molecule has 0 spiro atoms. The Hall–Kier alpha value is -2.94. The molecule has 190 valence electrons. The van der Waals surface area contributed by atoms with Crippen LogP contribution >= 0.6 is 0 Å². The van der Waals surface area contributed by atoms with E-state index in [2.05, 4.69) is 11.0 Å². The lowest BCUT2D eigenvalue weighted by atomic mass is 9.98. The van der Waals surface area contributed by atoms with Gasteiger partial charge in [0.25, 0.3) is 0 Å². The Labute approximate surface area is 212 Å². The van der Waals surface area contributed by atoms with Crippen molar-refractivity contribution in [2.24, 2.45) is 5.92 Å². The van der Waals surface area contributed by atoms with Gasteiger partial charge in [0.2, 0.25) is 0 Å². The smallest absolute Gasteiger partial charge is 0.178 e. The monoisotopic (exact) mass is 507 g/mol. The molecule has 0 unspecified atom stereocenters. The van der Waals surface area contributed by atoms with E-state index in [0.717, 1.165) is 71.1 Å². The minimum absolute atomic E-state index is 0.0653. The topological polar surface area (TPSA) is 84.7 Å². The maximum absolute atomic E-state index is 12.6. The molecule has 4 aromatic rings. The minimum Gasteiger partial charge on any atom is -0.411 e. The normalized spacial score (nSPS) is 15.6. The number of β-amino-alcohol motifs (C(OH)–C–C–N with tert-alkyl or cyclic N) is 1. The SMILES string of the molecule is CCS(=O)(=O)c1cccc(-c2cccc3c2c2cc(C)cnc2n3OCC2CCN(CCO)CC2)c1. The highest BCUT2D eigenvalue weighted by Gasteiger charge is 2.22. The van der Waals surface area contributed by atoms with Crippen molar-refractivity contribution in [3.63, 3.8) is 0 Å². The van der Waals surface area contributed by atoms with Crippen molar-refractivity contribution in [3.8, 4) is 11.1 Å². The lowest BCUT2D eigenvalue weighted by molar-refractivity contribution is 0.0611. The van der Waals surface area contributed by atoms with Gasteiger partial charge < -0.3 is 14.8 Å². The number of benzene rings is 2. The van der Waals surface area contributed by atoms with Crippen LogP contribution in [0, 0.1) is 12.8 Å². The number of aliphatic hydroxyl groups is 1. The van der Waals surface area contributed by atoms with Crippen LogP contribution in [-0.4, -0.2) is 66.7 Å². The molecule has 1 N–H and O–H groups in total. The second kappa shape index (κ2) is 10.2. The largest absolute Gasteiger partial charge is 0.411 e. The molecule has 0 radical (unpaired) electrons. The Morgan fingerprint density at radius 2 is 1.89 bits per heavy atom. The first-order chi connectivity index (χ1) is 17.4. The van der Waals surface area contributed by atoms with Crippen LogP contribution in [0.25, 0.3) is 33.1 Å². The number of fused-ring (bicyclic) bond motifs is 3. The van der Waals surface area contributed by atoms with Gasteiger partial charge in [-0.15, -0.1) is 0 Å². The number of rotatable bonds is 8. The highest BCUT2D eigenvalue weighted by Crippen LogP contribution is 2.37. The van der Waals surface area contributed by atoms with Crippen molar-refractivity contribution in [2.75, 3.05) is 38.6 Å². The molecule has 0 bridgehead atoms. The van der Waals surface area contributed by atoms with Gasteiger partial charge in [-0.25, -0.2) is 13.4 Å². The standard InChI is InChI=1S/C28H33N3O4S/c1-3-36(33,34)23-7-4-6-22(17-23)24-8-5-9-26-27(24)25-16-20(2)18-29-28(25)31(26)35-19-21-10-12-30(13-11-21)14-15-32/h4-9,16-18,21,32H,3,10-15,19H2,1-2H3. The number of hydrogen-bond donors (Lipinski definition) is 1. The molecular weight excluding hydrogens is 474 g/mol. The molecule has 0 saturated carbocycles. The Morgan fingerprint density at radius 1 is 1.11 bits per heavy atom. The number of hydrogen-bond acceptors (Lipinski definition) is 6. The molecule has 5 rings (SSSR count). The average molecular weight is 508 g/mol. The number of likely N-dealkylation sites (tertiary alicyclic amines) is 1. The number of aromatic nitrogens is 2. The molecule has 0 atom stereocenters. The first kappa shape index (κ1) is 24.7. The van der Waals surface area contributed by atoms with Gasteiger partial charge >= 0.3 is 0 Å². The van der Waals surface area contributed by atoms with E-state index in [-0.39, 0.29) is 12.4 Å². The maximum atomic E-state index is 12.6. The summed E-state index contributed by atoms with van der Waals surface area (Å²) in [4.78, 5) is 13.8. The number of aliphatic hydroxyl groups excluding tert-OH is 1. The van der Waals surface area contributed by atoms with E-state index in [1.165, 1.54) is 0 Å². The molecule has 2 aromatic heterocycles. The average Bonchev–Trinajstić information content (AvgIpc) is 3.21. The summed E-state index contributed by atoms with van der Waals surface area (Å²) in [5.41, 5.74) is 4.54. The Kier molecular flexibility index (Phi) is 7.01. The predicted octanol–water partition coefficient (Wildman–Crippen LogP) is 4.09. The highest BCUT2D eigenvalue weighted by molar-refractivity contribution is 7.91. The summed E-state index contributed by atoms with van der Waals surface area (Å²) in [6.07, 6.45) is 3.92. The Morgan fingerprint density at radius 3 is 2.64 bits per heavy atom. The lowest BCUT2D eigenvalue weighted by Gasteiger charge is -2.31. The first-order valence-electron chi connectivity index (χ1n) is 12.6. The van der Waals surface area contributed by atoms with Gasteiger partial charge in [0.05, 0.1) is 22.8 Å². The summed E-state index contributed by atoms with van der Waals surface area (Å²) < 4.78 is 27.0. The third kappa shape index (κ3) is 4.73. The maximum Gasteiger partial charge on any atom is 0.178 e. The quantitative estimate of drug-likeness (QED) is 0.387. The van der Waals surface area contributed by atoms with Crippen LogP contribution in [0.5, 0.6) is 0 Å². The predicted molar refractivity (Wildman–Crippen MR) is 143 cm³/mol. The second-order valence-electron chi connectivity index (χ2n) is 9.61. The fraction of sp³-hybridized carbons (Fsp3) is 0.393. The summed E-state index contributed by atoms with van der Waals surface area (Å²) in [6.45, 7) is 7.15. The third-order valence-corrected chi connectivity index (χ3v) is 8.91. The van der Waals surface area contributed by atoms with Crippen LogP contribution in [0.3, 0.4) is 0 Å². The first-order valence-corrected chi connectivity index (χ1v) is 14.3. The van der Waals surface area contributed by atoms with Crippen LogP contribution in [0.2, 0.25) is 0 Å². The molecule has 7 nitrogen and oxygen atoms in total. The molecule has 0 amide bonds. The zero-order chi connectivity index (χ0) is 25.3. The highest BCUT2D eigenvalue weighted by atomic mass is 32.2. The minimum atomic E-state index is -3.31. The number of piperidine rings is 1. The van der Waals surface area contributed by atoms with Crippen molar-refractivity contribution < 1.29 is 18.4 Å². The Balaban J connectivity index is 1.55. The molecule has 1 aliphatic heterocycles. The summed E-state index contributed by atoms with van der Waals surface area (Å²) in [5, 5.41) is 11.2. The van der Waals surface area contributed by atoms with Crippen molar-refractivity contribution in [3.05, 3.63) is 60.3 Å². The summed E-state index contributed by atoms with van der Waals surface area (Å²) >= 11 is 0. The van der Waals surface area contributed by atoms with Gasteiger partial charge in [-0.1, -0.05) is 31.2 Å². The fourth-order valence-electron chi connectivity index (χ4n) is 5.11. The zero-order valence-corrected chi connectivity index (χ0v) is 21.7. The van der Waals surface area contributed by atoms with Gasteiger partial charge in [-0.05, 0) is 79.7 Å². The molecule has 36 heavy (non-hydrogen) atoms. The molecule has 1 saturated heterocycles. The van der Waals surface area contributed by atoms with Crippen molar-refractivity contribution >= 4 is 31.8 Å². The van der Waals surface area contributed by atoms with Crippen LogP contribution in [0.4, 0.5) is 0 Å². The summed E-state index contributed by atoms with van der Waals surface area (Å²) in [6, 6.07) is 15.4. The second-order valence-corrected chi connectivity index (χ2v) is 11.9. The van der Waals surface area contributed by atoms with Gasteiger partial charge in [-0.3, -0.25) is 0 Å². The molecule has 0 aliphatic carbocycles. The third-order valence-electron chi connectivity index (χ3n) is 7.17. The molecule has 8 heteroatoms. The van der Waals surface area contributed by atoms with Crippen LogP contribution in [-0.2, 0) is 9.84 Å². The zero-order valence-electron chi connectivity index (χ0n) is 20.9. The van der Waals surface area contributed by atoms with E-state index in [1.54, 1.807) is 25.1 Å². The molecule has 2 aromatic carbocycles. The van der Waals surface area contributed by atoms with Gasteiger partial charge in [0, 0.05) is 23.5 Å². The van der Waals surface area contributed by atoms with Crippen molar-refractivity contribution in [1.29, 1.82) is 0 Å². The van der Waals surface area contributed by atoms with Gasteiger partial charge in [-0.2, -0.15) is 4.73 Å². The lowest BCUT2D eigenvalue weighted by Crippen LogP contribution is -2.37. The molecule has 1 fully saturated rings. The van der Waals surface area contributed by atoms with Crippen molar-refractivity contribution in [2.45, 2.75) is 31.6 Å². The number of pyridine rings is 1. The van der Waals surface area contributed by atoms with E-state index < -0.39 is 9.84 Å². The molecule has 3 heterocycles. The molecule has 1 aliphatic rings. The van der Waals surface area contributed by atoms with Gasteiger partial charge in [0.1, 0.15) is 6.61 Å². The summed E-state index contributed by atoms with van der Waals surface area (Å²) in [7, 11) is -3.31. The van der Waals surface area contributed by atoms with E-state index in [0.29, 0.717) is 17.4 Å². The van der Waals surface area contributed by atoms with E-state index in [4.69, 9.17) is 9.82 Å². The van der Waals surface area contributed by atoms with Crippen LogP contribution < -0.4 is 4.84 Å². The van der Waals surface area contributed by atoms with Gasteiger partial charge in [0.15, 0.2) is 15.5 Å². The van der Waals surface area contributed by atoms with Crippen molar-refractivity contribution in [1.82, 2.24) is 14.6 Å². The van der Waals surface area contributed by atoms with E-state index in [9.17, 15) is 13.5 Å². The van der Waals surface area contributed by atoms with E-state index >= 15 is 0 Å². The number of sulfone groups is 1. The number of nitrogens with zero attached hydrogens (tertiary/aromatic N) is 3. The molecular formula is C28H33N3O4S. The van der Waals surface area contributed by atoms with E-state index in [1.807, 2.05) is 42.1 Å². The van der Waals surface area contributed by atoms with Crippen LogP contribution in [0.1, 0.15) is 25.3 Å².